The first-order valence-corrected chi connectivity index (χ1v) is 7.38. The van der Waals surface area contributed by atoms with Crippen LogP contribution < -0.4 is 5.32 Å². The lowest BCUT2D eigenvalue weighted by atomic mass is 10.1. The van der Waals surface area contributed by atoms with Crippen molar-refractivity contribution < 1.29 is 18.7 Å². The van der Waals surface area contributed by atoms with Crippen molar-refractivity contribution in [3.05, 3.63) is 53.1 Å². The molecule has 0 saturated carbocycles. The molecular formula is C16H18FN3O3. The summed E-state index contributed by atoms with van der Waals surface area (Å²) in [5.41, 5.74) is 2.10. The van der Waals surface area contributed by atoms with Gasteiger partial charge in [-0.25, -0.2) is 4.39 Å². The molecule has 6 nitrogen and oxygen atoms in total. The second-order valence-electron chi connectivity index (χ2n) is 5.30. The van der Waals surface area contributed by atoms with Gasteiger partial charge in [-0.15, -0.1) is 0 Å². The minimum atomic E-state index is -0.278. The molecule has 1 aromatic heterocycles. The van der Waals surface area contributed by atoms with Crippen LogP contribution in [0.25, 0.3) is 0 Å². The number of rotatable bonds is 5. The van der Waals surface area contributed by atoms with Crippen LogP contribution in [0.3, 0.4) is 0 Å². The molecule has 3 rings (SSSR count). The summed E-state index contributed by atoms with van der Waals surface area (Å²) >= 11 is 0. The lowest BCUT2D eigenvalue weighted by molar-refractivity contribution is -0.00123. The van der Waals surface area contributed by atoms with E-state index in [1.165, 1.54) is 12.1 Å². The first kappa shape index (κ1) is 15.6. The summed E-state index contributed by atoms with van der Waals surface area (Å²) in [4.78, 5) is 12.0. The summed E-state index contributed by atoms with van der Waals surface area (Å²) in [5.74, 6) is -0.512. The van der Waals surface area contributed by atoms with E-state index in [9.17, 15) is 9.18 Å². The van der Waals surface area contributed by atoms with Crippen molar-refractivity contribution in [1.82, 2.24) is 15.1 Å². The van der Waals surface area contributed by atoms with E-state index >= 15 is 0 Å². The molecule has 0 fully saturated rings. The third kappa shape index (κ3) is 3.57. The molecule has 122 valence electrons. The van der Waals surface area contributed by atoms with Crippen LogP contribution >= 0.6 is 0 Å². The summed E-state index contributed by atoms with van der Waals surface area (Å²) in [6.07, 6.45) is -0.201. The highest BCUT2D eigenvalue weighted by Gasteiger charge is 2.24. The minimum Gasteiger partial charge on any atom is -0.383 e. The van der Waals surface area contributed by atoms with E-state index in [4.69, 9.17) is 9.47 Å². The Morgan fingerprint density at radius 2 is 2.26 bits per heavy atom. The van der Waals surface area contributed by atoms with Gasteiger partial charge in [0.1, 0.15) is 11.9 Å². The number of ether oxygens (including phenoxy) is 2. The van der Waals surface area contributed by atoms with Crippen molar-refractivity contribution in [3.8, 4) is 0 Å². The molecule has 1 N–H and O–H groups in total. The first-order valence-electron chi connectivity index (χ1n) is 7.38. The number of fused-ring (bicyclic) bond motifs is 1. The average molecular weight is 319 g/mol. The van der Waals surface area contributed by atoms with Gasteiger partial charge in [-0.05, 0) is 23.8 Å². The lowest BCUT2D eigenvalue weighted by Gasteiger charge is -2.24. The highest BCUT2D eigenvalue weighted by atomic mass is 19.1. The van der Waals surface area contributed by atoms with Gasteiger partial charge in [0.25, 0.3) is 5.91 Å². The van der Waals surface area contributed by atoms with Gasteiger partial charge in [0.2, 0.25) is 0 Å². The fourth-order valence-corrected chi connectivity index (χ4v) is 2.47. The van der Waals surface area contributed by atoms with E-state index in [-0.39, 0.29) is 17.8 Å². The number of hydrogen-bond acceptors (Lipinski definition) is 4. The number of aromatic nitrogens is 2. The van der Waals surface area contributed by atoms with Gasteiger partial charge in [0.05, 0.1) is 25.5 Å². The Labute approximate surface area is 133 Å². The minimum absolute atomic E-state index is 0.201. The molecule has 2 aromatic rings. The van der Waals surface area contributed by atoms with Crippen LogP contribution in [0.5, 0.6) is 0 Å². The topological polar surface area (TPSA) is 65.4 Å². The Kier molecular flexibility index (Phi) is 4.68. The van der Waals surface area contributed by atoms with E-state index in [0.29, 0.717) is 32.0 Å². The molecule has 0 spiro atoms. The Bertz CT molecular complexity index is 684. The predicted molar refractivity (Wildman–Crippen MR) is 80.4 cm³/mol. The van der Waals surface area contributed by atoms with E-state index < -0.39 is 0 Å². The second-order valence-corrected chi connectivity index (χ2v) is 5.30. The molecule has 2 heterocycles. The third-order valence-corrected chi connectivity index (χ3v) is 3.70. The summed E-state index contributed by atoms with van der Waals surface area (Å²) in [5, 5.41) is 7.07. The molecule has 0 unspecified atom stereocenters. The fourth-order valence-electron chi connectivity index (χ4n) is 2.47. The normalized spacial score (nSPS) is 16.9. The van der Waals surface area contributed by atoms with Crippen LogP contribution in [0, 0.1) is 5.82 Å². The standard InChI is InChI=1S/C16H18FN3O3/c1-22-7-6-18-16(21)14-8-13-10-23-15(9-20(13)19-14)11-2-4-12(17)5-3-11/h2-5,8,15H,6-7,9-10H2,1H3,(H,18,21)/t15-/m1/s1. The number of amides is 1. The van der Waals surface area contributed by atoms with Gasteiger partial charge >= 0.3 is 0 Å². The van der Waals surface area contributed by atoms with Gasteiger partial charge in [0, 0.05) is 13.7 Å². The molecule has 0 saturated heterocycles. The molecule has 0 radical (unpaired) electrons. The molecule has 1 aliphatic rings. The van der Waals surface area contributed by atoms with E-state index in [1.54, 1.807) is 30.0 Å². The molecule has 0 bridgehead atoms. The Morgan fingerprint density at radius 3 is 3.00 bits per heavy atom. The Hall–Kier alpha value is -2.25. The van der Waals surface area contributed by atoms with Crippen molar-refractivity contribution in [2.75, 3.05) is 20.3 Å². The van der Waals surface area contributed by atoms with Crippen LogP contribution in [0.2, 0.25) is 0 Å². The summed E-state index contributed by atoms with van der Waals surface area (Å²) in [7, 11) is 1.58. The molecular weight excluding hydrogens is 301 g/mol. The number of carbonyl (C=O) groups excluding carboxylic acids is 1. The van der Waals surface area contributed by atoms with Gasteiger partial charge in [-0.3, -0.25) is 9.48 Å². The molecule has 0 aliphatic carbocycles. The molecule has 1 aliphatic heterocycles. The average Bonchev–Trinajstić information content (AvgIpc) is 2.99. The van der Waals surface area contributed by atoms with Gasteiger partial charge in [-0.2, -0.15) is 5.10 Å². The Balaban J connectivity index is 1.69. The number of benzene rings is 1. The summed E-state index contributed by atoms with van der Waals surface area (Å²) < 4.78 is 25.4. The van der Waals surface area contributed by atoms with Crippen molar-refractivity contribution in [1.29, 1.82) is 0 Å². The number of halogens is 1. The third-order valence-electron chi connectivity index (χ3n) is 3.70. The number of nitrogens with one attached hydrogen (secondary N) is 1. The summed E-state index contributed by atoms with van der Waals surface area (Å²) in [6, 6.07) is 7.95. The van der Waals surface area contributed by atoms with Crippen LogP contribution in [-0.2, 0) is 22.6 Å². The largest absolute Gasteiger partial charge is 0.383 e. The zero-order valence-electron chi connectivity index (χ0n) is 12.8. The number of hydrogen-bond donors (Lipinski definition) is 1. The van der Waals surface area contributed by atoms with Crippen molar-refractivity contribution >= 4 is 5.91 Å². The fraction of sp³-hybridized carbons (Fsp3) is 0.375. The Morgan fingerprint density at radius 1 is 1.48 bits per heavy atom. The predicted octanol–water partition coefficient (Wildman–Crippen LogP) is 1.67. The maximum atomic E-state index is 13.0. The maximum absolute atomic E-state index is 13.0. The molecule has 1 aromatic carbocycles. The molecule has 1 amide bonds. The van der Waals surface area contributed by atoms with Crippen LogP contribution in [0.15, 0.2) is 30.3 Å². The van der Waals surface area contributed by atoms with Gasteiger partial charge in [-0.1, -0.05) is 12.1 Å². The highest BCUT2D eigenvalue weighted by molar-refractivity contribution is 5.92. The van der Waals surface area contributed by atoms with Crippen molar-refractivity contribution in [2.24, 2.45) is 0 Å². The van der Waals surface area contributed by atoms with Crippen molar-refractivity contribution in [2.45, 2.75) is 19.3 Å². The van der Waals surface area contributed by atoms with Crippen molar-refractivity contribution in [3.63, 3.8) is 0 Å². The molecule has 1 atom stereocenters. The van der Waals surface area contributed by atoms with Gasteiger partial charge < -0.3 is 14.8 Å². The summed E-state index contributed by atoms with van der Waals surface area (Å²) in [6.45, 7) is 1.74. The quantitative estimate of drug-likeness (QED) is 0.852. The second kappa shape index (κ2) is 6.89. The monoisotopic (exact) mass is 319 g/mol. The maximum Gasteiger partial charge on any atom is 0.271 e. The first-order chi connectivity index (χ1) is 11.2. The van der Waals surface area contributed by atoms with Crippen LogP contribution in [0.1, 0.15) is 27.8 Å². The zero-order chi connectivity index (χ0) is 16.2. The number of methoxy groups -OCH3 is 1. The van der Waals surface area contributed by atoms with E-state index in [1.807, 2.05) is 0 Å². The smallest absolute Gasteiger partial charge is 0.271 e. The number of nitrogens with zero attached hydrogens (tertiary/aromatic N) is 2. The lowest BCUT2D eigenvalue weighted by Crippen LogP contribution is -2.27. The number of carbonyl (C=O) groups is 1. The molecule has 7 heteroatoms. The van der Waals surface area contributed by atoms with Crippen LogP contribution in [-0.4, -0.2) is 35.9 Å². The highest BCUT2D eigenvalue weighted by Crippen LogP contribution is 2.26. The van der Waals surface area contributed by atoms with E-state index in [0.717, 1.165) is 11.3 Å². The zero-order valence-corrected chi connectivity index (χ0v) is 12.8. The van der Waals surface area contributed by atoms with E-state index in [2.05, 4.69) is 10.4 Å². The SMILES string of the molecule is COCCNC(=O)c1cc2n(n1)C[C@H](c1ccc(F)cc1)OC2. The van der Waals surface area contributed by atoms with Gasteiger partial charge in [0.15, 0.2) is 5.69 Å². The molecule has 23 heavy (non-hydrogen) atoms. The van der Waals surface area contributed by atoms with Crippen LogP contribution in [0.4, 0.5) is 4.39 Å².